The Morgan fingerprint density at radius 2 is 2.00 bits per heavy atom. The molecule has 7 heteroatoms. The highest BCUT2D eigenvalue weighted by Crippen LogP contribution is 2.24. The van der Waals surface area contributed by atoms with Gasteiger partial charge in [-0.1, -0.05) is 0 Å². The largest absolute Gasteiger partial charge is 0.573 e. The number of hydrogen-bond donors (Lipinski definition) is 1. The van der Waals surface area contributed by atoms with Crippen molar-refractivity contribution in [2.45, 2.75) is 19.2 Å². The zero-order valence-corrected chi connectivity index (χ0v) is 11.3. The van der Waals surface area contributed by atoms with Crippen LogP contribution in [0, 0.1) is 5.92 Å². The predicted octanol–water partition coefficient (Wildman–Crippen LogP) is 2.43. The lowest BCUT2D eigenvalue weighted by Gasteiger charge is -2.31. The number of halogens is 3. The number of benzene rings is 1. The van der Waals surface area contributed by atoms with Crippen molar-refractivity contribution in [2.24, 2.45) is 5.92 Å². The van der Waals surface area contributed by atoms with Crippen molar-refractivity contribution >= 4 is 5.91 Å². The molecule has 0 aromatic heterocycles. The van der Waals surface area contributed by atoms with Crippen LogP contribution in [0.3, 0.4) is 0 Å². The summed E-state index contributed by atoms with van der Waals surface area (Å²) >= 11 is 0. The first-order valence-electron chi connectivity index (χ1n) is 6.65. The van der Waals surface area contributed by atoms with Crippen LogP contribution < -0.4 is 4.74 Å². The van der Waals surface area contributed by atoms with E-state index in [4.69, 9.17) is 5.11 Å². The molecule has 4 nitrogen and oxygen atoms in total. The van der Waals surface area contributed by atoms with Crippen molar-refractivity contribution in [3.8, 4) is 5.75 Å². The number of hydrogen-bond acceptors (Lipinski definition) is 3. The van der Waals surface area contributed by atoms with Crippen molar-refractivity contribution in [1.82, 2.24) is 4.90 Å². The molecule has 1 aromatic carbocycles. The van der Waals surface area contributed by atoms with Crippen LogP contribution in [0.2, 0.25) is 0 Å². The summed E-state index contributed by atoms with van der Waals surface area (Å²) in [5.41, 5.74) is 0.308. The Morgan fingerprint density at radius 3 is 2.57 bits per heavy atom. The number of alkyl halides is 3. The van der Waals surface area contributed by atoms with E-state index in [1.54, 1.807) is 4.90 Å². The number of rotatable bonds is 3. The van der Waals surface area contributed by atoms with Crippen LogP contribution >= 0.6 is 0 Å². The molecule has 2 rings (SSSR count). The average molecular weight is 303 g/mol. The maximum atomic E-state index is 12.2. The van der Waals surface area contributed by atoms with Crippen molar-refractivity contribution < 1.29 is 27.8 Å². The molecular formula is C14H16F3NO3. The van der Waals surface area contributed by atoms with Gasteiger partial charge < -0.3 is 14.7 Å². The Hall–Kier alpha value is -1.76. The average Bonchev–Trinajstić information content (AvgIpc) is 2.46. The summed E-state index contributed by atoms with van der Waals surface area (Å²) in [6, 6.07) is 4.86. The van der Waals surface area contributed by atoms with Gasteiger partial charge in [0.2, 0.25) is 0 Å². The number of carbonyl (C=O) groups is 1. The molecule has 1 aromatic rings. The molecule has 0 saturated carbocycles. The molecule has 21 heavy (non-hydrogen) atoms. The lowest BCUT2D eigenvalue weighted by Crippen LogP contribution is -2.40. The Labute approximate surface area is 120 Å². The fourth-order valence-corrected chi connectivity index (χ4v) is 2.38. The highest BCUT2D eigenvalue weighted by molar-refractivity contribution is 5.94. The molecule has 0 radical (unpaired) electrons. The number of amides is 1. The minimum Gasteiger partial charge on any atom is -0.406 e. The second-order valence-corrected chi connectivity index (χ2v) is 5.01. The maximum absolute atomic E-state index is 12.2. The van der Waals surface area contributed by atoms with Crippen LogP contribution in [-0.2, 0) is 0 Å². The maximum Gasteiger partial charge on any atom is 0.573 e. The predicted molar refractivity (Wildman–Crippen MR) is 68.8 cm³/mol. The van der Waals surface area contributed by atoms with Gasteiger partial charge in [-0.05, 0) is 43.0 Å². The van der Waals surface area contributed by atoms with Gasteiger partial charge in [0.1, 0.15) is 5.75 Å². The summed E-state index contributed by atoms with van der Waals surface area (Å²) in [5.74, 6) is -0.534. The summed E-state index contributed by atoms with van der Waals surface area (Å²) in [6.07, 6.45) is -3.06. The summed E-state index contributed by atoms with van der Waals surface area (Å²) < 4.78 is 39.9. The molecule has 1 aliphatic heterocycles. The smallest absolute Gasteiger partial charge is 0.406 e. The number of ether oxygens (including phenoxy) is 1. The van der Waals surface area contributed by atoms with E-state index in [2.05, 4.69) is 4.74 Å². The van der Waals surface area contributed by atoms with Crippen LogP contribution in [0.25, 0.3) is 0 Å². The first kappa shape index (κ1) is 15.6. The van der Waals surface area contributed by atoms with Gasteiger partial charge >= 0.3 is 6.36 Å². The summed E-state index contributed by atoms with van der Waals surface area (Å²) in [5, 5.41) is 9.14. The van der Waals surface area contributed by atoms with Crippen molar-refractivity contribution in [1.29, 1.82) is 0 Å². The Kier molecular flexibility index (Phi) is 4.72. The second-order valence-electron chi connectivity index (χ2n) is 5.01. The van der Waals surface area contributed by atoms with E-state index in [0.717, 1.165) is 25.0 Å². The van der Waals surface area contributed by atoms with Gasteiger partial charge in [-0.25, -0.2) is 0 Å². The van der Waals surface area contributed by atoms with Gasteiger partial charge in [0.25, 0.3) is 5.91 Å². The summed E-state index contributed by atoms with van der Waals surface area (Å²) in [4.78, 5) is 13.9. The Balaban J connectivity index is 2.02. The third kappa shape index (κ3) is 4.35. The van der Waals surface area contributed by atoms with Crippen LogP contribution in [0.1, 0.15) is 23.2 Å². The third-order valence-corrected chi connectivity index (χ3v) is 3.40. The fraction of sp³-hybridized carbons (Fsp3) is 0.500. The second kappa shape index (κ2) is 6.34. The number of aliphatic hydroxyl groups excluding tert-OH is 1. The summed E-state index contributed by atoms with van der Waals surface area (Å²) in [6.45, 7) is 1.09. The Morgan fingerprint density at radius 1 is 1.33 bits per heavy atom. The lowest BCUT2D eigenvalue weighted by atomic mass is 9.98. The monoisotopic (exact) mass is 303 g/mol. The van der Waals surface area contributed by atoms with E-state index in [9.17, 15) is 18.0 Å². The number of piperidine rings is 1. The van der Waals surface area contributed by atoms with Gasteiger partial charge in [0.15, 0.2) is 0 Å². The number of likely N-dealkylation sites (tertiary alicyclic amines) is 1. The van der Waals surface area contributed by atoms with Gasteiger partial charge in [0, 0.05) is 25.3 Å². The zero-order chi connectivity index (χ0) is 15.5. The molecular weight excluding hydrogens is 287 g/mol. The van der Waals surface area contributed by atoms with Crippen molar-refractivity contribution in [2.75, 3.05) is 19.7 Å². The van der Waals surface area contributed by atoms with Crippen LogP contribution in [0.15, 0.2) is 24.3 Å². The first-order valence-corrected chi connectivity index (χ1v) is 6.65. The molecule has 0 aliphatic carbocycles. The van der Waals surface area contributed by atoms with E-state index in [-0.39, 0.29) is 24.2 Å². The van der Waals surface area contributed by atoms with Gasteiger partial charge in [-0.3, -0.25) is 4.79 Å². The molecule has 1 fully saturated rings. The van der Waals surface area contributed by atoms with Crippen LogP contribution in [-0.4, -0.2) is 42.0 Å². The van der Waals surface area contributed by atoms with E-state index >= 15 is 0 Å². The fourth-order valence-electron chi connectivity index (χ4n) is 2.38. The number of nitrogens with zero attached hydrogens (tertiary/aromatic N) is 1. The molecule has 0 bridgehead atoms. The van der Waals surface area contributed by atoms with Crippen molar-refractivity contribution in [3.05, 3.63) is 29.8 Å². The van der Waals surface area contributed by atoms with Gasteiger partial charge in [-0.15, -0.1) is 13.2 Å². The van der Waals surface area contributed by atoms with Crippen molar-refractivity contribution in [3.63, 3.8) is 0 Å². The molecule has 0 spiro atoms. The molecule has 1 heterocycles. The molecule has 1 atom stereocenters. The molecule has 1 N–H and O–H groups in total. The van der Waals surface area contributed by atoms with E-state index in [1.807, 2.05) is 0 Å². The minimum atomic E-state index is -4.74. The summed E-state index contributed by atoms with van der Waals surface area (Å²) in [7, 11) is 0. The topological polar surface area (TPSA) is 49.8 Å². The molecule has 1 aliphatic rings. The molecule has 1 saturated heterocycles. The third-order valence-electron chi connectivity index (χ3n) is 3.40. The minimum absolute atomic E-state index is 0.0299. The standard InChI is InChI=1S/C14H16F3NO3/c15-14(16,17)21-12-5-3-11(4-6-12)13(20)18-7-1-2-10(8-18)9-19/h3-6,10,19H,1-2,7-9H2. The molecule has 1 amide bonds. The van der Waals surface area contributed by atoms with Crippen LogP contribution in [0.5, 0.6) is 5.75 Å². The van der Waals surface area contributed by atoms with E-state index in [1.165, 1.54) is 12.1 Å². The SMILES string of the molecule is O=C(c1ccc(OC(F)(F)F)cc1)N1CCCC(CO)C1. The lowest BCUT2D eigenvalue weighted by molar-refractivity contribution is -0.274. The Bertz CT molecular complexity index is 487. The quantitative estimate of drug-likeness (QED) is 0.933. The van der Waals surface area contributed by atoms with Gasteiger partial charge in [0.05, 0.1) is 0 Å². The first-order chi connectivity index (χ1) is 9.89. The number of carbonyl (C=O) groups excluding carboxylic acids is 1. The number of aliphatic hydroxyl groups is 1. The van der Waals surface area contributed by atoms with E-state index in [0.29, 0.717) is 18.7 Å². The highest BCUT2D eigenvalue weighted by Gasteiger charge is 2.31. The van der Waals surface area contributed by atoms with Crippen LogP contribution in [0.4, 0.5) is 13.2 Å². The van der Waals surface area contributed by atoms with E-state index < -0.39 is 6.36 Å². The molecule has 116 valence electrons. The molecule has 1 unspecified atom stereocenters. The zero-order valence-electron chi connectivity index (χ0n) is 11.3. The van der Waals surface area contributed by atoms with Gasteiger partial charge in [-0.2, -0.15) is 0 Å². The highest BCUT2D eigenvalue weighted by atomic mass is 19.4. The normalized spacial score (nSPS) is 19.4.